The van der Waals surface area contributed by atoms with E-state index < -0.39 is 10.9 Å². The fraction of sp³-hybridized carbons (Fsp3) is 0.455. The molecule has 0 aliphatic carbocycles. The summed E-state index contributed by atoms with van der Waals surface area (Å²) in [5.74, 6) is -2.41. The highest BCUT2D eigenvalue weighted by atomic mass is 17.0. The highest BCUT2D eigenvalue weighted by Gasteiger charge is 2.47. The molecule has 0 bridgehead atoms. The summed E-state index contributed by atoms with van der Waals surface area (Å²) in [5, 5.41) is 32.6. The lowest BCUT2D eigenvalue weighted by atomic mass is 10.2. The van der Waals surface area contributed by atoms with E-state index in [9.17, 15) is 15.5 Å². The summed E-state index contributed by atoms with van der Waals surface area (Å²) < 4.78 is 0. The van der Waals surface area contributed by atoms with Crippen molar-refractivity contribution in [1.82, 2.24) is 10.3 Å². The number of nitrogens with one attached hydrogen (secondary N) is 1. The van der Waals surface area contributed by atoms with Crippen LogP contribution in [0.4, 0.5) is 11.4 Å². The van der Waals surface area contributed by atoms with Gasteiger partial charge in [0.1, 0.15) is 12.3 Å². The number of fused-ring (bicyclic) bond motifs is 1. The number of rotatable bonds is 4. The summed E-state index contributed by atoms with van der Waals surface area (Å²) >= 11 is 0. The van der Waals surface area contributed by atoms with Crippen LogP contribution in [0.15, 0.2) is 24.3 Å². The zero-order valence-electron chi connectivity index (χ0n) is 10.6. The van der Waals surface area contributed by atoms with E-state index in [2.05, 4.69) is 5.43 Å². The number of aliphatic hydroxyl groups is 1. The summed E-state index contributed by atoms with van der Waals surface area (Å²) in [6.07, 6.45) is 1.55. The Bertz CT molecular complexity index is 456. The van der Waals surface area contributed by atoms with Gasteiger partial charge in [-0.15, -0.1) is 0 Å². The molecule has 1 aromatic rings. The van der Waals surface area contributed by atoms with Gasteiger partial charge in [0, 0.05) is 6.07 Å². The minimum Gasteiger partial charge on any atom is -0.572 e. The van der Waals surface area contributed by atoms with Crippen molar-refractivity contribution in [3.63, 3.8) is 0 Å². The van der Waals surface area contributed by atoms with Gasteiger partial charge in [0.05, 0.1) is 0 Å². The predicted molar refractivity (Wildman–Crippen MR) is 69.0 cm³/mol. The van der Waals surface area contributed by atoms with Crippen LogP contribution in [0.1, 0.15) is 19.8 Å². The molecule has 1 aromatic carbocycles. The van der Waals surface area contributed by atoms with Crippen molar-refractivity contribution in [2.75, 3.05) is 11.7 Å². The van der Waals surface area contributed by atoms with Crippen LogP contribution in [0, 0.1) is 5.21 Å². The molecule has 8 nitrogen and oxygen atoms in total. The number of para-hydroxylation sites is 2. The van der Waals surface area contributed by atoms with Gasteiger partial charge >= 0.3 is 5.97 Å². The lowest BCUT2D eigenvalue weighted by Gasteiger charge is -2.48. The van der Waals surface area contributed by atoms with Crippen LogP contribution in [0.5, 0.6) is 0 Å². The van der Waals surface area contributed by atoms with E-state index in [1.165, 1.54) is 12.1 Å². The number of nitrogens with two attached hydrogens (primary N) is 1. The maximum Gasteiger partial charge on any atom is 0.324 e. The van der Waals surface area contributed by atoms with Crippen molar-refractivity contribution in [3.05, 3.63) is 29.5 Å². The van der Waals surface area contributed by atoms with Crippen molar-refractivity contribution < 1.29 is 15.2 Å². The second kappa shape index (κ2) is 5.02. The number of unbranched alkanes of at least 4 members (excludes halogenated alkanes) is 1. The molecule has 106 valence electrons. The molecule has 8 heteroatoms. The summed E-state index contributed by atoms with van der Waals surface area (Å²) in [4.78, 5) is 3.76. The van der Waals surface area contributed by atoms with E-state index in [1.54, 1.807) is 12.1 Å². The van der Waals surface area contributed by atoms with E-state index in [0.29, 0.717) is 11.5 Å². The molecule has 2 atom stereocenters. The molecule has 0 saturated heterocycles. The van der Waals surface area contributed by atoms with Gasteiger partial charge in [0.25, 0.3) is 0 Å². The Morgan fingerprint density at radius 1 is 1.53 bits per heavy atom. The molecule has 19 heavy (non-hydrogen) atoms. The highest BCUT2D eigenvalue weighted by Crippen LogP contribution is 2.37. The standard InChI is InChI=1S/C11H18N4O4/c1-2-3-8-19-15(18)10-7-5-4-6-9(10)14(17)11(12,16)13-15/h4-7,13,16-17H,2-3,8,12H2,1H3. The molecule has 0 saturated carbocycles. The number of quaternary nitrogens is 1. The SMILES string of the molecule is CCCCO[N+]1([O-])NC(N)(O)N(O)c2ccccc21. The minimum atomic E-state index is -2.41. The molecule has 2 rings (SSSR count). The van der Waals surface area contributed by atoms with Crippen LogP contribution < -0.4 is 21.1 Å². The van der Waals surface area contributed by atoms with Crippen LogP contribution in [-0.2, 0) is 4.84 Å². The predicted octanol–water partition coefficient (Wildman–Crippen LogP) is 0.500. The number of nitrogens with zero attached hydrogens (tertiary/aromatic N) is 2. The van der Waals surface area contributed by atoms with Crippen molar-refractivity contribution in [2.45, 2.75) is 25.7 Å². The summed E-state index contributed by atoms with van der Waals surface area (Å²) in [6, 6.07) is 6.19. The first kappa shape index (κ1) is 14.2. The van der Waals surface area contributed by atoms with Gasteiger partial charge in [0.2, 0.25) is 5.69 Å². The van der Waals surface area contributed by atoms with Gasteiger partial charge < -0.3 is 10.3 Å². The molecule has 5 N–H and O–H groups in total. The number of hydrogen-bond donors (Lipinski definition) is 4. The van der Waals surface area contributed by atoms with Gasteiger partial charge in [-0.1, -0.05) is 35.8 Å². The molecule has 2 unspecified atom stereocenters. The average Bonchev–Trinajstić information content (AvgIpc) is 2.36. The molecular formula is C11H18N4O4. The number of hydrogen-bond acceptors (Lipinski definition) is 7. The number of anilines is 1. The summed E-state index contributed by atoms with van der Waals surface area (Å²) in [5.41, 5.74) is 7.73. The van der Waals surface area contributed by atoms with Gasteiger partial charge in [0.15, 0.2) is 0 Å². The molecule has 0 spiro atoms. The van der Waals surface area contributed by atoms with Crippen molar-refractivity contribution >= 4 is 11.4 Å². The molecule has 0 aromatic heterocycles. The molecule has 0 fully saturated rings. The maximum absolute atomic E-state index is 12.6. The Kier molecular flexibility index (Phi) is 3.74. The van der Waals surface area contributed by atoms with Crippen LogP contribution in [0.3, 0.4) is 0 Å². The van der Waals surface area contributed by atoms with Gasteiger partial charge in [-0.25, -0.2) is 0 Å². The Balaban J connectivity index is 2.36. The molecule has 1 aliphatic heterocycles. The summed E-state index contributed by atoms with van der Waals surface area (Å²) in [7, 11) is 0. The maximum atomic E-state index is 12.6. The number of hydroxylamine groups is 1. The number of benzene rings is 1. The van der Waals surface area contributed by atoms with Crippen LogP contribution in [0.25, 0.3) is 0 Å². The fourth-order valence-electron chi connectivity index (χ4n) is 1.84. The van der Waals surface area contributed by atoms with Crippen molar-refractivity contribution in [2.24, 2.45) is 5.73 Å². The minimum absolute atomic E-state index is 0.0812. The van der Waals surface area contributed by atoms with Gasteiger partial charge in [-0.05, 0) is 12.5 Å². The van der Waals surface area contributed by atoms with E-state index >= 15 is 0 Å². The van der Waals surface area contributed by atoms with Gasteiger partial charge in [-0.2, -0.15) is 9.90 Å². The molecule has 0 radical (unpaired) electrons. The third-order valence-electron chi connectivity index (χ3n) is 2.83. The summed E-state index contributed by atoms with van der Waals surface area (Å²) in [6.45, 7) is 2.16. The zero-order chi connectivity index (χ0) is 14.1. The van der Waals surface area contributed by atoms with E-state index in [-0.39, 0.29) is 18.0 Å². The topological polar surface area (TPSA) is 114 Å². The van der Waals surface area contributed by atoms with E-state index in [4.69, 9.17) is 10.6 Å². The Labute approximate surface area is 110 Å². The second-order valence-corrected chi connectivity index (χ2v) is 4.38. The van der Waals surface area contributed by atoms with E-state index in [1.807, 2.05) is 6.92 Å². The first-order valence-corrected chi connectivity index (χ1v) is 6.04. The molecule has 0 amide bonds. The first-order valence-electron chi connectivity index (χ1n) is 6.04. The zero-order valence-corrected chi connectivity index (χ0v) is 10.6. The Hall–Kier alpha value is -1.26. The third-order valence-corrected chi connectivity index (χ3v) is 2.83. The Morgan fingerprint density at radius 2 is 2.21 bits per heavy atom. The fourth-order valence-corrected chi connectivity index (χ4v) is 1.84. The monoisotopic (exact) mass is 270 g/mol. The van der Waals surface area contributed by atoms with Crippen LogP contribution in [-0.4, -0.2) is 22.9 Å². The highest BCUT2D eigenvalue weighted by molar-refractivity contribution is 5.69. The average molecular weight is 270 g/mol. The first-order chi connectivity index (χ1) is 8.91. The van der Waals surface area contributed by atoms with E-state index in [0.717, 1.165) is 6.42 Å². The van der Waals surface area contributed by atoms with Gasteiger partial charge in [-0.3, -0.25) is 10.9 Å². The molecular weight excluding hydrogens is 252 g/mol. The smallest absolute Gasteiger partial charge is 0.324 e. The Morgan fingerprint density at radius 3 is 2.89 bits per heavy atom. The van der Waals surface area contributed by atoms with Crippen LogP contribution in [0.2, 0.25) is 0 Å². The third kappa shape index (κ3) is 2.55. The van der Waals surface area contributed by atoms with Crippen molar-refractivity contribution in [3.8, 4) is 0 Å². The normalized spacial score (nSPS) is 30.3. The lowest BCUT2D eigenvalue weighted by molar-refractivity contribution is -0.222. The largest absolute Gasteiger partial charge is 0.572 e. The molecule has 1 heterocycles. The quantitative estimate of drug-likeness (QED) is 0.272. The lowest BCUT2D eigenvalue weighted by Crippen LogP contribution is -2.77. The molecule has 1 aliphatic rings. The second-order valence-electron chi connectivity index (χ2n) is 4.38. The van der Waals surface area contributed by atoms with Crippen molar-refractivity contribution in [1.29, 1.82) is 0 Å². The van der Waals surface area contributed by atoms with Crippen LogP contribution >= 0.6 is 0 Å².